The molecule has 0 amide bonds. The zero-order chi connectivity index (χ0) is 20.6. The van der Waals surface area contributed by atoms with Crippen molar-refractivity contribution >= 4 is 23.2 Å². The van der Waals surface area contributed by atoms with Crippen molar-refractivity contribution in [2.75, 3.05) is 6.54 Å². The minimum Gasteiger partial charge on any atom is -0.350 e. The Morgan fingerprint density at radius 1 is 0.931 bits per heavy atom. The maximum absolute atomic E-state index is 13.1. The van der Waals surface area contributed by atoms with E-state index in [4.69, 9.17) is 23.2 Å². The number of fused-ring (bicyclic) bond motifs is 1. The highest BCUT2D eigenvalue weighted by Gasteiger charge is 2.31. The average Bonchev–Trinajstić information content (AvgIpc) is 3.05. The van der Waals surface area contributed by atoms with E-state index >= 15 is 0 Å². The topological polar surface area (TPSA) is 8.17 Å². The van der Waals surface area contributed by atoms with E-state index in [0.29, 0.717) is 22.2 Å². The highest BCUT2D eigenvalue weighted by atomic mass is 35.5. The maximum atomic E-state index is 13.1. The highest BCUT2D eigenvalue weighted by molar-refractivity contribution is 6.42. The number of hydrogen-bond donors (Lipinski definition) is 0. The van der Waals surface area contributed by atoms with Gasteiger partial charge >= 0.3 is 6.18 Å². The van der Waals surface area contributed by atoms with Crippen molar-refractivity contribution < 1.29 is 13.2 Å². The second-order valence-electron chi connectivity index (χ2n) is 7.22. The Labute approximate surface area is 177 Å². The molecule has 4 rings (SSSR count). The van der Waals surface area contributed by atoms with E-state index in [9.17, 15) is 13.2 Å². The second-order valence-corrected chi connectivity index (χ2v) is 8.04. The molecule has 0 radical (unpaired) electrons. The normalized spacial score (nSPS) is 17.8. The van der Waals surface area contributed by atoms with Crippen molar-refractivity contribution in [3.63, 3.8) is 0 Å². The second kappa shape index (κ2) is 8.05. The summed E-state index contributed by atoms with van der Waals surface area (Å²) in [5.41, 5.74) is 2.06. The van der Waals surface area contributed by atoms with E-state index in [1.54, 1.807) is 12.1 Å². The molecule has 29 heavy (non-hydrogen) atoms. The predicted molar refractivity (Wildman–Crippen MR) is 109 cm³/mol. The van der Waals surface area contributed by atoms with Crippen molar-refractivity contribution in [2.24, 2.45) is 0 Å². The fourth-order valence-corrected chi connectivity index (χ4v) is 4.26. The van der Waals surface area contributed by atoms with Crippen molar-refractivity contribution in [1.82, 2.24) is 9.47 Å². The summed E-state index contributed by atoms with van der Waals surface area (Å²) in [6, 6.07) is 15.0. The monoisotopic (exact) mass is 438 g/mol. The van der Waals surface area contributed by atoms with Crippen LogP contribution in [-0.2, 0) is 19.3 Å². The summed E-state index contributed by atoms with van der Waals surface area (Å²) < 4.78 is 41.6. The summed E-state index contributed by atoms with van der Waals surface area (Å²) in [5.74, 6) is 0. The third kappa shape index (κ3) is 4.32. The number of halogens is 5. The van der Waals surface area contributed by atoms with Crippen molar-refractivity contribution in [2.45, 2.75) is 31.7 Å². The van der Waals surface area contributed by atoms with Crippen molar-refractivity contribution in [3.8, 4) is 0 Å². The SMILES string of the molecule is FC(F)(F)c1cccc(CN2CCCn3cccc3C2c2ccc(Cl)c(Cl)c2)c1. The van der Waals surface area contributed by atoms with E-state index in [2.05, 4.69) is 15.5 Å². The molecule has 0 bridgehead atoms. The molecule has 0 N–H and O–H groups in total. The van der Waals surface area contributed by atoms with Gasteiger partial charge < -0.3 is 4.57 Å². The van der Waals surface area contributed by atoms with Gasteiger partial charge in [0, 0.05) is 31.5 Å². The molecule has 0 saturated heterocycles. The van der Waals surface area contributed by atoms with Gasteiger partial charge in [0.15, 0.2) is 0 Å². The third-order valence-electron chi connectivity index (χ3n) is 5.25. The lowest BCUT2D eigenvalue weighted by molar-refractivity contribution is -0.137. The molecular formula is C22H19Cl2F3N2. The van der Waals surface area contributed by atoms with Gasteiger partial charge in [-0.2, -0.15) is 13.2 Å². The molecule has 152 valence electrons. The number of alkyl halides is 3. The summed E-state index contributed by atoms with van der Waals surface area (Å²) in [4.78, 5) is 2.20. The molecule has 3 aromatic rings. The summed E-state index contributed by atoms with van der Waals surface area (Å²) in [6.07, 6.45) is -1.42. The van der Waals surface area contributed by atoms with Gasteiger partial charge in [-0.05, 0) is 47.9 Å². The molecule has 1 aliphatic heterocycles. The van der Waals surface area contributed by atoms with Gasteiger partial charge in [0.2, 0.25) is 0 Å². The van der Waals surface area contributed by atoms with Crippen LogP contribution >= 0.6 is 23.2 Å². The number of nitrogens with zero attached hydrogens (tertiary/aromatic N) is 2. The Balaban J connectivity index is 1.73. The number of rotatable bonds is 3. The van der Waals surface area contributed by atoms with Crippen LogP contribution in [0.15, 0.2) is 60.8 Å². The first-order valence-electron chi connectivity index (χ1n) is 9.33. The van der Waals surface area contributed by atoms with Crippen molar-refractivity contribution in [3.05, 3.63) is 93.2 Å². The van der Waals surface area contributed by atoms with Crippen LogP contribution in [0.5, 0.6) is 0 Å². The maximum Gasteiger partial charge on any atom is 0.416 e. The molecule has 0 saturated carbocycles. The van der Waals surface area contributed by atoms with Gasteiger partial charge in [-0.25, -0.2) is 0 Å². The molecule has 7 heteroatoms. The van der Waals surface area contributed by atoms with Crippen LogP contribution < -0.4 is 0 Å². The van der Waals surface area contributed by atoms with Crippen LogP contribution in [0.4, 0.5) is 13.2 Å². The molecule has 0 aliphatic carbocycles. The molecule has 1 aliphatic rings. The average molecular weight is 439 g/mol. The first-order valence-corrected chi connectivity index (χ1v) is 10.1. The molecule has 2 nitrogen and oxygen atoms in total. The zero-order valence-corrected chi connectivity index (χ0v) is 17.0. The number of benzene rings is 2. The van der Waals surface area contributed by atoms with E-state index in [1.807, 2.05) is 24.4 Å². The summed E-state index contributed by atoms with van der Waals surface area (Å²) in [6.45, 7) is 2.02. The molecule has 1 atom stereocenters. The molecule has 2 heterocycles. The fraction of sp³-hybridized carbons (Fsp3) is 0.273. The van der Waals surface area contributed by atoms with Crippen LogP contribution in [-0.4, -0.2) is 16.0 Å². The van der Waals surface area contributed by atoms with Gasteiger partial charge in [0.1, 0.15) is 0 Å². The molecule has 0 spiro atoms. The molecular weight excluding hydrogens is 420 g/mol. The van der Waals surface area contributed by atoms with Crippen LogP contribution in [0.25, 0.3) is 0 Å². The lowest BCUT2D eigenvalue weighted by atomic mass is 10.0. The zero-order valence-electron chi connectivity index (χ0n) is 15.5. The van der Waals surface area contributed by atoms with Gasteiger partial charge in [0.05, 0.1) is 21.7 Å². The quantitative estimate of drug-likeness (QED) is 0.435. The first-order chi connectivity index (χ1) is 13.8. The Bertz CT molecular complexity index is 1010. The Kier molecular flexibility index (Phi) is 5.65. The van der Waals surface area contributed by atoms with E-state index < -0.39 is 11.7 Å². The standard InChI is InChI=1S/C22H19Cl2F3N2/c23-18-8-7-16(13-19(18)24)21-20-6-2-9-28(20)10-3-11-29(21)14-15-4-1-5-17(12-15)22(25,26)27/h1-2,4-9,12-13,21H,3,10-11,14H2. The summed E-state index contributed by atoms with van der Waals surface area (Å²) >= 11 is 12.4. The van der Waals surface area contributed by atoms with Gasteiger partial charge in [-0.3, -0.25) is 4.90 Å². The van der Waals surface area contributed by atoms with Gasteiger partial charge in [-0.15, -0.1) is 0 Å². The largest absolute Gasteiger partial charge is 0.416 e. The summed E-state index contributed by atoms with van der Waals surface area (Å²) in [5, 5.41) is 0.939. The lowest BCUT2D eigenvalue weighted by Crippen LogP contribution is -2.29. The van der Waals surface area contributed by atoms with Crippen LogP contribution in [0.2, 0.25) is 10.0 Å². The van der Waals surface area contributed by atoms with E-state index in [-0.39, 0.29) is 6.04 Å². The predicted octanol–water partition coefficient (Wildman–Crippen LogP) is 6.81. The van der Waals surface area contributed by atoms with E-state index in [0.717, 1.165) is 36.8 Å². The molecule has 1 aromatic heterocycles. The fourth-order valence-electron chi connectivity index (χ4n) is 3.95. The summed E-state index contributed by atoms with van der Waals surface area (Å²) in [7, 11) is 0. The molecule has 1 unspecified atom stereocenters. The Hall–Kier alpha value is -1.95. The smallest absolute Gasteiger partial charge is 0.350 e. The van der Waals surface area contributed by atoms with Crippen LogP contribution in [0.3, 0.4) is 0 Å². The van der Waals surface area contributed by atoms with Gasteiger partial charge in [0.25, 0.3) is 0 Å². The highest BCUT2D eigenvalue weighted by Crippen LogP contribution is 2.36. The Morgan fingerprint density at radius 3 is 2.52 bits per heavy atom. The first kappa shape index (κ1) is 20.3. The Morgan fingerprint density at radius 2 is 1.76 bits per heavy atom. The number of hydrogen-bond acceptors (Lipinski definition) is 1. The minimum absolute atomic E-state index is 0.128. The van der Waals surface area contributed by atoms with Crippen molar-refractivity contribution in [1.29, 1.82) is 0 Å². The van der Waals surface area contributed by atoms with Crippen LogP contribution in [0, 0.1) is 0 Å². The lowest BCUT2D eigenvalue weighted by Gasteiger charge is -2.31. The minimum atomic E-state index is -4.35. The number of aryl methyl sites for hydroxylation is 1. The van der Waals surface area contributed by atoms with Gasteiger partial charge in [-0.1, -0.05) is 47.5 Å². The number of aromatic nitrogens is 1. The molecule has 0 fully saturated rings. The third-order valence-corrected chi connectivity index (χ3v) is 5.99. The van der Waals surface area contributed by atoms with Crippen LogP contribution in [0.1, 0.15) is 34.8 Å². The molecule has 2 aromatic carbocycles. The van der Waals surface area contributed by atoms with E-state index in [1.165, 1.54) is 12.1 Å².